The number of aromatic nitrogens is 2. The number of hydrogen-bond donors (Lipinski definition) is 1. The van der Waals surface area contributed by atoms with Crippen LogP contribution in [0, 0.1) is 0 Å². The highest BCUT2D eigenvalue weighted by molar-refractivity contribution is 6.32. The zero-order valence-electron chi connectivity index (χ0n) is 6.98. The average Bonchev–Trinajstić information content (AvgIpc) is 2.01. The fraction of sp³-hybridized carbons (Fsp3) is 0.429. The molecule has 1 N–H and O–H groups in total. The van der Waals surface area contributed by atoms with E-state index in [-0.39, 0.29) is 23.4 Å². The second kappa shape index (κ2) is 5.26. The molecule has 0 aliphatic carbocycles. The molecular formula is C7H7Cl2F2N3. The van der Waals surface area contributed by atoms with E-state index in [9.17, 15) is 8.78 Å². The first-order valence-corrected chi connectivity index (χ1v) is 4.55. The highest BCUT2D eigenvalue weighted by Gasteiger charge is 2.03. The predicted octanol–water partition coefficient (Wildman–Crippen LogP) is 2.85. The van der Waals surface area contributed by atoms with Gasteiger partial charge in [0.2, 0.25) is 11.7 Å². The second-order valence-corrected chi connectivity index (χ2v) is 3.18. The van der Waals surface area contributed by atoms with Gasteiger partial charge >= 0.3 is 0 Å². The lowest BCUT2D eigenvalue weighted by Gasteiger charge is -2.04. The lowest BCUT2D eigenvalue weighted by molar-refractivity contribution is 0.142. The molecule has 78 valence electrons. The zero-order chi connectivity index (χ0) is 10.6. The van der Waals surface area contributed by atoms with E-state index < -0.39 is 6.43 Å². The molecule has 0 atom stereocenters. The first-order valence-electron chi connectivity index (χ1n) is 3.80. The van der Waals surface area contributed by atoms with Crippen LogP contribution in [0.3, 0.4) is 0 Å². The van der Waals surface area contributed by atoms with Crippen molar-refractivity contribution in [1.82, 2.24) is 9.97 Å². The van der Waals surface area contributed by atoms with Crippen LogP contribution in [0.15, 0.2) is 6.07 Å². The van der Waals surface area contributed by atoms with Gasteiger partial charge in [0.25, 0.3) is 0 Å². The van der Waals surface area contributed by atoms with Crippen LogP contribution in [0.4, 0.5) is 14.6 Å². The van der Waals surface area contributed by atoms with Gasteiger partial charge in [-0.15, -0.1) is 0 Å². The summed E-state index contributed by atoms with van der Waals surface area (Å²) in [7, 11) is 0. The maximum absolute atomic E-state index is 11.8. The molecule has 0 aromatic carbocycles. The van der Waals surface area contributed by atoms with E-state index in [1.165, 1.54) is 6.07 Å². The van der Waals surface area contributed by atoms with Crippen LogP contribution in [-0.2, 0) is 0 Å². The van der Waals surface area contributed by atoms with Gasteiger partial charge in [-0.05, 0) is 11.6 Å². The number of anilines is 1. The standard InChI is InChI=1S/C7H7Cl2F2N3/c8-4-3-6(14-7(9)13-4)12-2-1-5(10)11/h3,5H,1-2H2,(H,12,13,14). The molecule has 0 saturated heterocycles. The van der Waals surface area contributed by atoms with E-state index in [1.807, 2.05) is 0 Å². The van der Waals surface area contributed by atoms with Crippen molar-refractivity contribution in [2.24, 2.45) is 0 Å². The van der Waals surface area contributed by atoms with Crippen LogP contribution in [0.5, 0.6) is 0 Å². The Morgan fingerprint density at radius 1 is 1.36 bits per heavy atom. The minimum Gasteiger partial charge on any atom is -0.370 e. The maximum Gasteiger partial charge on any atom is 0.240 e. The summed E-state index contributed by atoms with van der Waals surface area (Å²) in [6.07, 6.45) is -2.59. The Kier molecular flexibility index (Phi) is 4.28. The molecule has 0 aliphatic heterocycles. The fourth-order valence-corrected chi connectivity index (χ4v) is 1.20. The Bertz CT molecular complexity index is 289. The van der Waals surface area contributed by atoms with Gasteiger partial charge in [-0.3, -0.25) is 0 Å². The third-order valence-electron chi connectivity index (χ3n) is 1.34. The fourth-order valence-electron chi connectivity index (χ4n) is 0.790. The van der Waals surface area contributed by atoms with Crippen molar-refractivity contribution in [2.45, 2.75) is 12.8 Å². The molecular weight excluding hydrogens is 235 g/mol. The van der Waals surface area contributed by atoms with Crippen molar-refractivity contribution in [3.05, 3.63) is 16.5 Å². The van der Waals surface area contributed by atoms with E-state index >= 15 is 0 Å². The van der Waals surface area contributed by atoms with Crippen molar-refractivity contribution in [2.75, 3.05) is 11.9 Å². The van der Waals surface area contributed by atoms with E-state index in [0.717, 1.165) is 0 Å². The molecule has 7 heteroatoms. The highest BCUT2D eigenvalue weighted by atomic mass is 35.5. The Balaban J connectivity index is 2.50. The highest BCUT2D eigenvalue weighted by Crippen LogP contribution is 2.14. The van der Waals surface area contributed by atoms with Crippen LogP contribution >= 0.6 is 23.2 Å². The van der Waals surface area contributed by atoms with Crippen LogP contribution in [0.25, 0.3) is 0 Å². The van der Waals surface area contributed by atoms with Crippen molar-refractivity contribution >= 4 is 29.0 Å². The zero-order valence-corrected chi connectivity index (χ0v) is 8.49. The first kappa shape index (κ1) is 11.4. The van der Waals surface area contributed by atoms with Crippen LogP contribution in [-0.4, -0.2) is 22.9 Å². The topological polar surface area (TPSA) is 37.8 Å². The number of nitrogens with zero attached hydrogens (tertiary/aromatic N) is 2. The van der Waals surface area contributed by atoms with Gasteiger partial charge in [0, 0.05) is 19.0 Å². The molecule has 1 aromatic heterocycles. The molecule has 0 aliphatic rings. The first-order chi connectivity index (χ1) is 6.58. The molecule has 0 radical (unpaired) electrons. The monoisotopic (exact) mass is 241 g/mol. The smallest absolute Gasteiger partial charge is 0.240 e. The summed E-state index contributed by atoms with van der Waals surface area (Å²) in [5.41, 5.74) is 0. The predicted molar refractivity (Wildman–Crippen MR) is 51.2 cm³/mol. The minimum absolute atomic E-state index is 0.0166. The third-order valence-corrected chi connectivity index (χ3v) is 1.70. The summed E-state index contributed by atoms with van der Waals surface area (Å²) >= 11 is 11.1. The largest absolute Gasteiger partial charge is 0.370 e. The number of nitrogens with one attached hydrogen (secondary N) is 1. The van der Waals surface area contributed by atoms with Gasteiger partial charge in [0.15, 0.2) is 0 Å². The molecule has 14 heavy (non-hydrogen) atoms. The Hall–Kier alpha value is -0.680. The number of halogens is 4. The van der Waals surface area contributed by atoms with Crippen LogP contribution in [0.2, 0.25) is 10.4 Å². The van der Waals surface area contributed by atoms with Crippen molar-refractivity contribution in [1.29, 1.82) is 0 Å². The second-order valence-electron chi connectivity index (χ2n) is 2.45. The molecule has 1 heterocycles. The molecule has 1 rings (SSSR count). The number of alkyl halides is 2. The van der Waals surface area contributed by atoms with Crippen LogP contribution < -0.4 is 5.32 Å². The summed E-state index contributed by atoms with van der Waals surface area (Å²) < 4.78 is 23.5. The SMILES string of the molecule is FC(F)CCNc1cc(Cl)nc(Cl)n1. The molecule has 0 amide bonds. The van der Waals surface area contributed by atoms with Gasteiger partial charge in [-0.25, -0.2) is 18.7 Å². The Labute approximate surface area is 89.5 Å². The molecule has 0 unspecified atom stereocenters. The van der Waals surface area contributed by atoms with Gasteiger partial charge in [-0.1, -0.05) is 11.6 Å². The molecule has 0 fully saturated rings. The molecule has 3 nitrogen and oxygen atoms in total. The van der Waals surface area contributed by atoms with Crippen molar-refractivity contribution < 1.29 is 8.78 Å². The van der Waals surface area contributed by atoms with Gasteiger partial charge in [-0.2, -0.15) is 0 Å². The van der Waals surface area contributed by atoms with E-state index in [4.69, 9.17) is 23.2 Å². The number of hydrogen-bond acceptors (Lipinski definition) is 3. The van der Waals surface area contributed by atoms with E-state index in [2.05, 4.69) is 15.3 Å². The van der Waals surface area contributed by atoms with E-state index in [1.54, 1.807) is 0 Å². The maximum atomic E-state index is 11.8. The normalized spacial score (nSPS) is 10.6. The summed E-state index contributed by atoms with van der Waals surface area (Å²) in [6, 6.07) is 1.42. The van der Waals surface area contributed by atoms with Crippen molar-refractivity contribution in [3.8, 4) is 0 Å². The van der Waals surface area contributed by atoms with Crippen molar-refractivity contribution in [3.63, 3.8) is 0 Å². The molecule has 0 saturated carbocycles. The lowest BCUT2D eigenvalue weighted by atomic mass is 10.4. The van der Waals surface area contributed by atoms with Crippen LogP contribution in [0.1, 0.15) is 6.42 Å². The molecule has 1 aromatic rings. The summed E-state index contributed by atoms with van der Waals surface area (Å²) in [5.74, 6) is 0.343. The van der Waals surface area contributed by atoms with Gasteiger partial charge < -0.3 is 5.32 Å². The lowest BCUT2D eigenvalue weighted by Crippen LogP contribution is -2.07. The number of rotatable bonds is 4. The quantitative estimate of drug-likeness (QED) is 0.651. The Morgan fingerprint density at radius 2 is 2.07 bits per heavy atom. The van der Waals surface area contributed by atoms with Gasteiger partial charge in [0.05, 0.1) is 0 Å². The Morgan fingerprint density at radius 3 is 2.64 bits per heavy atom. The molecule has 0 bridgehead atoms. The third kappa shape index (κ3) is 4.02. The molecule has 0 spiro atoms. The summed E-state index contributed by atoms with van der Waals surface area (Å²) in [6.45, 7) is 0.112. The summed E-state index contributed by atoms with van der Waals surface area (Å²) in [5, 5.41) is 2.81. The minimum atomic E-state index is -2.34. The van der Waals surface area contributed by atoms with E-state index in [0.29, 0.717) is 5.82 Å². The summed E-state index contributed by atoms with van der Waals surface area (Å²) in [4.78, 5) is 7.35. The average molecular weight is 242 g/mol. The van der Waals surface area contributed by atoms with Gasteiger partial charge in [0.1, 0.15) is 11.0 Å².